The number of aromatic nitrogens is 1. The number of aryl methyl sites for hydroxylation is 3. The lowest BCUT2D eigenvalue weighted by molar-refractivity contribution is 0.0159. The summed E-state index contributed by atoms with van der Waals surface area (Å²) in [6.45, 7) is 14.5. The van der Waals surface area contributed by atoms with E-state index in [9.17, 15) is 13.2 Å². The summed E-state index contributed by atoms with van der Waals surface area (Å²) in [5, 5.41) is 3.75. The number of carbonyl (C=O) groups excluding carboxylic acids is 1. The van der Waals surface area contributed by atoms with Crippen LogP contribution in [0.2, 0.25) is 0 Å². The van der Waals surface area contributed by atoms with Gasteiger partial charge in [0, 0.05) is 25.7 Å². The van der Waals surface area contributed by atoms with Crippen molar-refractivity contribution in [2.24, 2.45) is 5.92 Å². The molecule has 1 aromatic carbocycles. The average molecular weight is 562 g/mol. The Kier molecular flexibility index (Phi) is 8.95. The predicted octanol–water partition coefficient (Wildman–Crippen LogP) is 5.28. The van der Waals surface area contributed by atoms with E-state index in [1.807, 2.05) is 37.8 Å². The van der Waals surface area contributed by atoms with Crippen LogP contribution in [0.4, 0.5) is 4.79 Å². The molecule has 1 aromatic heterocycles. The number of nitrogens with zero attached hydrogens (tertiary/aromatic N) is 3. The molecule has 1 aliphatic heterocycles. The molecule has 10 heteroatoms. The number of fused-ring (bicyclic) bond motifs is 1. The van der Waals surface area contributed by atoms with Crippen molar-refractivity contribution < 1.29 is 26.7 Å². The van der Waals surface area contributed by atoms with Crippen molar-refractivity contribution in [1.29, 1.82) is 0 Å². The number of piperidine rings is 1. The quantitative estimate of drug-likeness (QED) is 0.402. The summed E-state index contributed by atoms with van der Waals surface area (Å²) >= 11 is 0. The summed E-state index contributed by atoms with van der Waals surface area (Å²) in [5.74, 6) is 1.06. The smallest absolute Gasteiger partial charge is 0.410 e. The first-order valence-corrected chi connectivity index (χ1v) is 15.5. The highest BCUT2D eigenvalue weighted by molar-refractivity contribution is 7.87. The third-order valence-electron chi connectivity index (χ3n) is 7.59. The summed E-state index contributed by atoms with van der Waals surface area (Å²) in [7, 11) is -4.04. The van der Waals surface area contributed by atoms with Crippen molar-refractivity contribution in [3.63, 3.8) is 0 Å². The minimum atomic E-state index is -4.04. The van der Waals surface area contributed by atoms with Crippen LogP contribution in [0.25, 0.3) is 0 Å². The van der Waals surface area contributed by atoms with E-state index in [0.29, 0.717) is 17.7 Å². The molecule has 0 N–H and O–H groups in total. The Bertz CT molecular complexity index is 1240. The molecule has 0 spiro atoms. The molecule has 1 unspecified atom stereocenters. The zero-order chi connectivity index (χ0) is 28.4. The number of hydrogen-bond acceptors (Lipinski definition) is 8. The molecular formula is C29H43N3O6S. The molecule has 0 bridgehead atoms. The second kappa shape index (κ2) is 11.9. The molecule has 2 heterocycles. The number of ether oxygens (including phenoxy) is 1. The van der Waals surface area contributed by atoms with Crippen LogP contribution in [-0.2, 0) is 27.7 Å². The third-order valence-corrected chi connectivity index (χ3v) is 9.08. The molecule has 2 aromatic rings. The van der Waals surface area contributed by atoms with Crippen LogP contribution in [0, 0.1) is 19.8 Å². The zero-order valence-electron chi connectivity index (χ0n) is 24.2. The first kappa shape index (κ1) is 29.4. The van der Waals surface area contributed by atoms with Gasteiger partial charge in [-0.05, 0) is 109 Å². The third kappa shape index (κ3) is 7.33. The summed E-state index contributed by atoms with van der Waals surface area (Å²) in [4.78, 5) is 16.9. The van der Waals surface area contributed by atoms with E-state index in [0.717, 1.165) is 70.3 Å². The van der Waals surface area contributed by atoms with Crippen molar-refractivity contribution in [1.82, 2.24) is 15.0 Å². The summed E-state index contributed by atoms with van der Waals surface area (Å²) in [6, 6.07) is 5.98. The van der Waals surface area contributed by atoms with Crippen LogP contribution in [0.3, 0.4) is 0 Å². The number of benzene rings is 1. The van der Waals surface area contributed by atoms with Crippen molar-refractivity contribution in [2.75, 3.05) is 26.2 Å². The van der Waals surface area contributed by atoms with E-state index in [2.05, 4.69) is 17.0 Å². The average Bonchev–Trinajstić information content (AvgIpc) is 3.21. The number of carbonyl (C=O) groups is 1. The maximum Gasteiger partial charge on any atom is 0.410 e. The van der Waals surface area contributed by atoms with Crippen LogP contribution < -0.4 is 4.18 Å². The van der Waals surface area contributed by atoms with Gasteiger partial charge in [0.05, 0.1) is 0 Å². The Morgan fingerprint density at radius 3 is 2.49 bits per heavy atom. The fourth-order valence-corrected chi connectivity index (χ4v) is 6.97. The van der Waals surface area contributed by atoms with Crippen LogP contribution in [0.5, 0.6) is 5.75 Å². The Labute approximate surface area is 232 Å². The van der Waals surface area contributed by atoms with E-state index in [1.54, 1.807) is 19.9 Å². The normalized spacial score (nSPS) is 18.7. The SMILES string of the molecule is CCCN(CC1CCN(C(=O)OC(C)(C)C)CC1)C1CCc2ccc(OS(=O)(=O)c3c(C)noc3C)cc2C1. The predicted molar refractivity (Wildman–Crippen MR) is 148 cm³/mol. The molecule has 1 amide bonds. The zero-order valence-corrected chi connectivity index (χ0v) is 25.0. The van der Waals surface area contributed by atoms with Crippen molar-refractivity contribution in [2.45, 2.75) is 96.6 Å². The van der Waals surface area contributed by atoms with E-state index in [1.165, 1.54) is 5.56 Å². The van der Waals surface area contributed by atoms with Crippen LogP contribution in [-0.4, -0.2) is 67.3 Å². The molecular weight excluding hydrogens is 518 g/mol. The van der Waals surface area contributed by atoms with Crippen molar-refractivity contribution >= 4 is 16.2 Å². The second-order valence-electron chi connectivity index (χ2n) is 11.9. The van der Waals surface area contributed by atoms with Gasteiger partial charge in [-0.3, -0.25) is 4.90 Å². The largest absolute Gasteiger partial charge is 0.444 e. The van der Waals surface area contributed by atoms with Crippen molar-refractivity contribution in [3.05, 3.63) is 40.8 Å². The molecule has 0 saturated carbocycles. The lowest BCUT2D eigenvalue weighted by Gasteiger charge is -2.40. The lowest BCUT2D eigenvalue weighted by atomic mass is 9.86. The number of rotatable bonds is 8. The standard InChI is InChI=1S/C29H43N3O6S/c1-7-14-32(19-22-12-15-31(16-13-22)28(33)36-29(4,5)6)25-10-8-23-9-11-26(18-24(23)17-25)38-39(34,35)27-20(2)30-37-21(27)3/h9,11,18,22,25H,7-8,10,12-17,19H2,1-6H3. The second-order valence-corrected chi connectivity index (χ2v) is 13.4. The molecule has 0 radical (unpaired) electrons. The highest BCUT2D eigenvalue weighted by Crippen LogP contribution is 2.31. The van der Waals surface area contributed by atoms with Gasteiger partial charge in [0.2, 0.25) is 0 Å². The van der Waals surface area contributed by atoms with E-state index in [-0.39, 0.29) is 22.4 Å². The maximum atomic E-state index is 12.9. The van der Waals surface area contributed by atoms with Gasteiger partial charge < -0.3 is 18.3 Å². The summed E-state index contributed by atoms with van der Waals surface area (Å²) < 4.78 is 41.9. The van der Waals surface area contributed by atoms with Crippen LogP contribution in [0.15, 0.2) is 27.6 Å². The molecule has 1 fully saturated rings. The molecule has 2 aliphatic rings. The molecule has 1 aliphatic carbocycles. The maximum absolute atomic E-state index is 12.9. The molecule has 4 rings (SSSR count). The monoisotopic (exact) mass is 561 g/mol. The summed E-state index contributed by atoms with van der Waals surface area (Å²) in [6.07, 6.45) is 5.67. The molecule has 216 valence electrons. The van der Waals surface area contributed by atoms with Gasteiger partial charge in [0.15, 0.2) is 10.7 Å². The van der Waals surface area contributed by atoms with Gasteiger partial charge in [-0.15, -0.1) is 0 Å². The first-order valence-electron chi connectivity index (χ1n) is 14.1. The molecule has 1 saturated heterocycles. The minimum Gasteiger partial charge on any atom is -0.444 e. The van der Waals surface area contributed by atoms with Crippen LogP contribution >= 0.6 is 0 Å². The Hall–Kier alpha value is -2.59. The molecule has 9 nitrogen and oxygen atoms in total. The first-order chi connectivity index (χ1) is 18.4. The minimum absolute atomic E-state index is 0.00932. The fourth-order valence-electron chi connectivity index (χ4n) is 5.74. The van der Waals surface area contributed by atoms with Gasteiger partial charge in [-0.1, -0.05) is 18.1 Å². The number of amides is 1. The van der Waals surface area contributed by atoms with Gasteiger partial charge in [0.1, 0.15) is 17.0 Å². The Morgan fingerprint density at radius 1 is 1.15 bits per heavy atom. The summed E-state index contributed by atoms with van der Waals surface area (Å²) in [5.41, 5.74) is 2.19. The van der Waals surface area contributed by atoms with Crippen molar-refractivity contribution in [3.8, 4) is 5.75 Å². The number of likely N-dealkylation sites (tertiary alicyclic amines) is 1. The van der Waals surface area contributed by atoms with E-state index < -0.39 is 15.7 Å². The highest BCUT2D eigenvalue weighted by atomic mass is 32.2. The lowest BCUT2D eigenvalue weighted by Crippen LogP contribution is -2.46. The van der Waals surface area contributed by atoms with E-state index in [4.69, 9.17) is 13.4 Å². The molecule has 39 heavy (non-hydrogen) atoms. The Balaban J connectivity index is 1.39. The fraction of sp³-hybridized carbons (Fsp3) is 0.655. The Morgan fingerprint density at radius 2 is 1.87 bits per heavy atom. The number of hydrogen-bond donors (Lipinski definition) is 0. The van der Waals surface area contributed by atoms with Gasteiger partial charge in [-0.25, -0.2) is 4.79 Å². The van der Waals surface area contributed by atoms with Gasteiger partial charge in [0.25, 0.3) is 0 Å². The molecule has 1 atom stereocenters. The topological polar surface area (TPSA) is 102 Å². The highest BCUT2D eigenvalue weighted by Gasteiger charge is 2.31. The van der Waals surface area contributed by atoms with Gasteiger partial charge in [-0.2, -0.15) is 8.42 Å². The van der Waals surface area contributed by atoms with Gasteiger partial charge >= 0.3 is 16.2 Å². The van der Waals surface area contributed by atoms with E-state index >= 15 is 0 Å². The van der Waals surface area contributed by atoms with Crippen LogP contribution in [0.1, 0.15) is 76.0 Å².